The number of pyridine rings is 1. The summed E-state index contributed by atoms with van der Waals surface area (Å²) in [6, 6.07) is 2.92. The lowest BCUT2D eigenvalue weighted by molar-refractivity contribution is -0.146. The van der Waals surface area contributed by atoms with Gasteiger partial charge in [0.25, 0.3) is 0 Å². The third-order valence-corrected chi connectivity index (χ3v) is 2.92. The van der Waals surface area contributed by atoms with E-state index in [9.17, 15) is 9.59 Å². The van der Waals surface area contributed by atoms with Crippen molar-refractivity contribution >= 4 is 18.0 Å². The van der Waals surface area contributed by atoms with Crippen molar-refractivity contribution in [2.24, 2.45) is 0 Å². The first-order valence-electron chi connectivity index (χ1n) is 5.80. The van der Waals surface area contributed by atoms with E-state index in [1.165, 1.54) is 11.0 Å². The van der Waals surface area contributed by atoms with E-state index < -0.39 is 12.0 Å². The topological polar surface area (TPSA) is 70.5 Å². The zero-order chi connectivity index (χ0) is 13.0. The SMILES string of the molecule is O=C(O)C1CCCN1C(=O)/C=C/c1cccnc1. The number of aliphatic carboxylic acids is 1. The van der Waals surface area contributed by atoms with Gasteiger partial charge < -0.3 is 10.0 Å². The molecule has 0 spiro atoms. The molecule has 0 aromatic carbocycles. The Hall–Kier alpha value is -2.17. The van der Waals surface area contributed by atoms with Crippen molar-refractivity contribution in [3.05, 3.63) is 36.2 Å². The van der Waals surface area contributed by atoms with Gasteiger partial charge in [0.15, 0.2) is 0 Å². The van der Waals surface area contributed by atoms with Crippen molar-refractivity contribution in [3.63, 3.8) is 0 Å². The second-order valence-electron chi connectivity index (χ2n) is 4.15. The maximum absolute atomic E-state index is 11.9. The molecule has 18 heavy (non-hydrogen) atoms. The monoisotopic (exact) mass is 246 g/mol. The molecule has 1 N–H and O–H groups in total. The molecule has 0 saturated carbocycles. The van der Waals surface area contributed by atoms with Gasteiger partial charge in [-0.15, -0.1) is 0 Å². The number of aromatic nitrogens is 1. The Kier molecular flexibility index (Phi) is 3.72. The zero-order valence-electron chi connectivity index (χ0n) is 9.82. The lowest BCUT2D eigenvalue weighted by Crippen LogP contribution is -2.39. The van der Waals surface area contributed by atoms with Crippen molar-refractivity contribution in [3.8, 4) is 0 Å². The summed E-state index contributed by atoms with van der Waals surface area (Å²) in [6.45, 7) is 0.507. The molecule has 5 heteroatoms. The highest BCUT2D eigenvalue weighted by Gasteiger charge is 2.32. The minimum Gasteiger partial charge on any atom is -0.480 e. The van der Waals surface area contributed by atoms with Crippen LogP contribution in [0.15, 0.2) is 30.6 Å². The Labute approximate surface area is 105 Å². The third-order valence-electron chi connectivity index (χ3n) is 2.92. The highest BCUT2D eigenvalue weighted by Crippen LogP contribution is 2.18. The number of carboxylic acids is 1. The summed E-state index contributed by atoms with van der Waals surface area (Å²) >= 11 is 0. The quantitative estimate of drug-likeness (QED) is 0.813. The van der Waals surface area contributed by atoms with E-state index >= 15 is 0 Å². The largest absolute Gasteiger partial charge is 0.480 e. The van der Waals surface area contributed by atoms with Gasteiger partial charge in [-0.25, -0.2) is 4.79 Å². The van der Waals surface area contributed by atoms with E-state index in [0.717, 1.165) is 12.0 Å². The first-order chi connectivity index (χ1) is 8.68. The van der Waals surface area contributed by atoms with Gasteiger partial charge in [-0.3, -0.25) is 9.78 Å². The number of likely N-dealkylation sites (tertiary alicyclic amines) is 1. The molecule has 1 aliphatic rings. The normalized spacial score (nSPS) is 19.3. The van der Waals surface area contributed by atoms with Gasteiger partial charge in [0, 0.05) is 25.0 Å². The van der Waals surface area contributed by atoms with Gasteiger partial charge in [0.1, 0.15) is 6.04 Å². The molecule has 0 aliphatic carbocycles. The summed E-state index contributed by atoms with van der Waals surface area (Å²) in [6.07, 6.45) is 7.61. The number of hydrogen-bond acceptors (Lipinski definition) is 3. The molecule has 5 nitrogen and oxygen atoms in total. The maximum atomic E-state index is 11.9. The summed E-state index contributed by atoms with van der Waals surface area (Å²) in [5, 5.41) is 8.99. The van der Waals surface area contributed by atoms with Crippen LogP contribution in [0.5, 0.6) is 0 Å². The first-order valence-corrected chi connectivity index (χ1v) is 5.80. The van der Waals surface area contributed by atoms with Crippen molar-refractivity contribution < 1.29 is 14.7 Å². The molecule has 94 valence electrons. The van der Waals surface area contributed by atoms with Crippen LogP contribution in [0, 0.1) is 0 Å². The molecule has 1 aromatic heterocycles. The molecule has 1 amide bonds. The summed E-state index contributed by atoms with van der Waals surface area (Å²) < 4.78 is 0. The van der Waals surface area contributed by atoms with E-state index in [0.29, 0.717) is 13.0 Å². The second-order valence-corrected chi connectivity index (χ2v) is 4.15. The lowest BCUT2D eigenvalue weighted by Gasteiger charge is -2.19. The fourth-order valence-electron chi connectivity index (χ4n) is 2.03. The number of nitrogens with zero attached hydrogens (tertiary/aromatic N) is 2. The zero-order valence-corrected chi connectivity index (χ0v) is 9.82. The van der Waals surface area contributed by atoms with Gasteiger partial charge in [-0.1, -0.05) is 6.07 Å². The van der Waals surface area contributed by atoms with Gasteiger partial charge in [0.05, 0.1) is 0 Å². The molecule has 1 saturated heterocycles. The number of carbonyl (C=O) groups excluding carboxylic acids is 1. The van der Waals surface area contributed by atoms with Crippen LogP contribution >= 0.6 is 0 Å². The molecule has 1 atom stereocenters. The fourth-order valence-corrected chi connectivity index (χ4v) is 2.03. The third kappa shape index (κ3) is 2.74. The van der Waals surface area contributed by atoms with E-state index in [1.54, 1.807) is 24.5 Å². The van der Waals surface area contributed by atoms with E-state index in [-0.39, 0.29) is 5.91 Å². The second kappa shape index (κ2) is 5.44. The summed E-state index contributed by atoms with van der Waals surface area (Å²) in [7, 11) is 0. The predicted molar refractivity (Wildman–Crippen MR) is 65.6 cm³/mol. The first kappa shape index (κ1) is 12.3. The van der Waals surface area contributed by atoms with Gasteiger partial charge in [-0.2, -0.15) is 0 Å². The van der Waals surface area contributed by atoms with Crippen LogP contribution in [0.25, 0.3) is 6.08 Å². The number of hydrogen-bond donors (Lipinski definition) is 1. The van der Waals surface area contributed by atoms with E-state index in [2.05, 4.69) is 4.98 Å². The minimum absolute atomic E-state index is 0.260. The van der Waals surface area contributed by atoms with E-state index in [4.69, 9.17) is 5.11 Å². The van der Waals surface area contributed by atoms with Gasteiger partial charge in [-0.05, 0) is 30.5 Å². The van der Waals surface area contributed by atoms with Crippen molar-refractivity contribution in [2.75, 3.05) is 6.54 Å². The molecule has 0 bridgehead atoms. The Morgan fingerprint density at radius 3 is 3.00 bits per heavy atom. The fraction of sp³-hybridized carbons (Fsp3) is 0.308. The van der Waals surface area contributed by atoms with E-state index in [1.807, 2.05) is 6.07 Å². The van der Waals surface area contributed by atoms with Gasteiger partial charge in [0.2, 0.25) is 5.91 Å². The molecule has 2 rings (SSSR count). The molecule has 1 unspecified atom stereocenters. The Morgan fingerprint density at radius 1 is 1.50 bits per heavy atom. The van der Waals surface area contributed by atoms with Crippen LogP contribution in [0.2, 0.25) is 0 Å². The van der Waals surface area contributed by atoms with Crippen LogP contribution in [0.1, 0.15) is 18.4 Å². The Balaban J connectivity index is 2.04. The van der Waals surface area contributed by atoms with Crippen LogP contribution in [0.4, 0.5) is 0 Å². The smallest absolute Gasteiger partial charge is 0.326 e. The van der Waals surface area contributed by atoms with Crippen LogP contribution in [0.3, 0.4) is 0 Å². The van der Waals surface area contributed by atoms with Crippen molar-refractivity contribution in [2.45, 2.75) is 18.9 Å². The minimum atomic E-state index is -0.935. The molecule has 1 aromatic rings. The van der Waals surface area contributed by atoms with Crippen LogP contribution < -0.4 is 0 Å². The summed E-state index contributed by atoms with van der Waals surface area (Å²) in [4.78, 5) is 28.2. The number of rotatable bonds is 3. The maximum Gasteiger partial charge on any atom is 0.326 e. The average Bonchev–Trinajstić information content (AvgIpc) is 2.86. The number of amides is 1. The predicted octanol–water partition coefficient (Wildman–Crippen LogP) is 1.17. The Morgan fingerprint density at radius 2 is 2.33 bits per heavy atom. The standard InChI is InChI=1S/C13H14N2O3/c16-12(6-5-10-3-1-7-14-9-10)15-8-2-4-11(15)13(17)18/h1,3,5-7,9,11H,2,4,8H2,(H,17,18)/b6-5+. The van der Waals surface area contributed by atoms with Crippen molar-refractivity contribution in [1.82, 2.24) is 9.88 Å². The van der Waals surface area contributed by atoms with Gasteiger partial charge >= 0.3 is 5.97 Å². The lowest BCUT2D eigenvalue weighted by atomic mass is 10.2. The summed E-state index contributed by atoms with van der Waals surface area (Å²) in [5.41, 5.74) is 0.817. The van der Waals surface area contributed by atoms with Crippen LogP contribution in [-0.4, -0.2) is 39.5 Å². The number of carboxylic acid groups (broad SMARTS) is 1. The summed E-state index contributed by atoms with van der Waals surface area (Å²) in [5.74, 6) is -1.20. The highest BCUT2D eigenvalue weighted by atomic mass is 16.4. The van der Waals surface area contributed by atoms with Crippen LogP contribution in [-0.2, 0) is 9.59 Å². The molecule has 1 aliphatic heterocycles. The molecular formula is C13H14N2O3. The molecular weight excluding hydrogens is 232 g/mol. The molecule has 1 fully saturated rings. The number of carbonyl (C=O) groups is 2. The Bertz CT molecular complexity index is 470. The highest BCUT2D eigenvalue weighted by molar-refractivity contribution is 5.94. The average molecular weight is 246 g/mol. The molecule has 0 radical (unpaired) electrons. The van der Waals surface area contributed by atoms with Crippen molar-refractivity contribution in [1.29, 1.82) is 0 Å². The molecule has 2 heterocycles.